The number of carbonyl (C=O) groups excluding carboxylic acids is 1. The maximum absolute atomic E-state index is 12.3. The van der Waals surface area contributed by atoms with E-state index in [1.807, 2.05) is 19.9 Å². The largest absolute Gasteiger partial charge is 0.269 e. The lowest BCUT2D eigenvalue weighted by molar-refractivity contribution is 0.0964. The van der Waals surface area contributed by atoms with Crippen molar-refractivity contribution >= 4 is 35.2 Å². The first kappa shape index (κ1) is 16.5. The molecule has 0 atom stereocenters. The van der Waals surface area contributed by atoms with Crippen LogP contribution in [0, 0.1) is 0 Å². The van der Waals surface area contributed by atoms with Gasteiger partial charge in [0.25, 0.3) is 5.91 Å². The van der Waals surface area contributed by atoms with Gasteiger partial charge in [-0.2, -0.15) is 0 Å². The lowest BCUT2D eigenvalue weighted by atomic mass is 10.2. The second kappa shape index (κ2) is 7.43. The lowest BCUT2D eigenvalue weighted by Gasteiger charge is -2.04. The number of pyridine rings is 1. The first-order valence-corrected chi connectivity index (χ1v) is 7.62. The first-order chi connectivity index (χ1) is 10.5. The fourth-order valence-electron chi connectivity index (χ4n) is 1.87. The Bertz CT molecular complexity index is 776. The average Bonchev–Trinajstić information content (AvgIpc) is 2.46. The maximum Gasteiger partial charge on any atom is 0.256 e. The summed E-state index contributed by atoms with van der Waals surface area (Å²) in [6.07, 6.45) is 4.83. The first-order valence-electron chi connectivity index (χ1n) is 6.86. The number of hydrogen-bond acceptors (Lipinski definition) is 2. The van der Waals surface area contributed by atoms with Gasteiger partial charge in [0.05, 0.1) is 0 Å². The highest BCUT2D eigenvalue weighted by atomic mass is 35.5. The molecule has 3 nitrogen and oxygen atoms in total. The van der Waals surface area contributed by atoms with E-state index in [0.717, 1.165) is 5.56 Å². The molecule has 0 saturated heterocycles. The smallest absolute Gasteiger partial charge is 0.256 e. The standard InChI is InChI=1S/C17H16Cl2N2O/c1-12(2)20-16-5-3-4-10-21(16)17(22)9-7-13-6-8-14(18)11-15(13)19/h3-12H,1-2H3/b9-7-,20-16?. The van der Waals surface area contributed by atoms with Gasteiger partial charge in [0, 0.05) is 28.4 Å². The number of halogens is 2. The number of allylic oxidation sites excluding steroid dienone is 1. The van der Waals surface area contributed by atoms with Crippen molar-refractivity contribution < 1.29 is 4.79 Å². The van der Waals surface area contributed by atoms with E-state index in [9.17, 15) is 4.79 Å². The van der Waals surface area contributed by atoms with E-state index in [-0.39, 0.29) is 11.9 Å². The highest BCUT2D eigenvalue weighted by Gasteiger charge is 2.03. The lowest BCUT2D eigenvalue weighted by Crippen LogP contribution is -2.26. The summed E-state index contributed by atoms with van der Waals surface area (Å²) in [5.74, 6) is -0.189. The third-order valence-corrected chi connectivity index (χ3v) is 3.40. The molecule has 5 heteroatoms. The fraction of sp³-hybridized carbons (Fsp3) is 0.176. The van der Waals surface area contributed by atoms with Gasteiger partial charge in [0.15, 0.2) is 0 Å². The number of aromatic nitrogens is 1. The van der Waals surface area contributed by atoms with Crippen molar-refractivity contribution in [3.8, 4) is 0 Å². The van der Waals surface area contributed by atoms with Crippen LogP contribution in [-0.2, 0) is 0 Å². The zero-order chi connectivity index (χ0) is 16.1. The summed E-state index contributed by atoms with van der Waals surface area (Å²) in [5, 5.41) is 1.06. The average molecular weight is 335 g/mol. The number of hydrogen-bond donors (Lipinski definition) is 0. The molecular weight excluding hydrogens is 319 g/mol. The van der Waals surface area contributed by atoms with Crippen molar-refractivity contribution in [3.63, 3.8) is 0 Å². The molecule has 0 aliphatic carbocycles. The van der Waals surface area contributed by atoms with Crippen molar-refractivity contribution in [1.29, 1.82) is 0 Å². The fourth-order valence-corrected chi connectivity index (χ4v) is 2.34. The highest BCUT2D eigenvalue weighted by Crippen LogP contribution is 2.21. The molecule has 0 bridgehead atoms. The molecule has 1 aromatic carbocycles. The molecule has 0 aliphatic rings. The molecule has 0 amide bonds. The van der Waals surface area contributed by atoms with Gasteiger partial charge in [-0.25, -0.2) is 0 Å². The minimum atomic E-state index is -0.189. The minimum Gasteiger partial charge on any atom is -0.269 e. The Kier molecular flexibility index (Phi) is 5.58. The van der Waals surface area contributed by atoms with Crippen molar-refractivity contribution in [1.82, 2.24) is 4.57 Å². The molecule has 0 fully saturated rings. The molecule has 1 heterocycles. The number of benzene rings is 1. The van der Waals surface area contributed by atoms with Crippen LogP contribution in [0.5, 0.6) is 0 Å². The maximum atomic E-state index is 12.3. The van der Waals surface area contributed by atoms with Crippen LogP contribution in [0.1, 0.15) is 24.2 Å². The Hall–Kier alpha value is -1.84. The summed E-state index contributed by atoms with van der Waals surface area (Å²) < 4.78 is 1.50. The monoisotopic (exact) mass is 334 g/mol. The summed E-state index contributed by atoms with van der Waals surface area (Å²) in [6.45, 7) is 3.93. The normalized spacial score (nSPS) is 12.3. The summed E-state index contributed by atoms with van der Waals surface area (Å²) in [6, 6.07) is 10.7. The van der Waals surface area contributed by atoms with Gasteiger partial charge in [0.1, 0.15) is 5.49 Å². The minimum absolute atomic E-state index is 0.108. The van der Waals surface area contributed by atoms with E-state index in [2.05, 4.69) is 4.99 Å². The molecule has 1 aromatic heterocycles. The van der Waals surface area contributed by atoms with Gasteiger partial charge < -0.3 is 0 Å². The Labute approximate surface area is 139 Å². The van der Waals surface area contributed by atoms with E-state index < -0.39 is 0 Å². The molecule has 0 unspecified atom stereocenters. The van der Waals surface area contributed by atoms with E-state index in [1.165, 1.54) is 10.6 Å². The second-order valence-corrected chi connectivity index (χ2v) is 5.83. The van der Waals surface area contributed by atoms with Gasteiger partial charge in [-0.05, 0) is 49.8 Å². The Morgan fingerprint density at radius 2 is 2.00 bits per heavy atom. The molecule has 114 valence electrons. The van der Waals surface area contributed by atoms with E-state index >= 15 is 0 Å². The van der Waals surface area contributed by atoms with E-state index in [4.69, 9.17) is 23.2 Å². The topological polar surface area (TPSA) is 34.4 Å². The molecule has 2 rings (SSSR count). The predicted octanol–water partition coefficient (Wildman–Crippen LogP) is 4.46. The van der Waals surface area contributed by atoms with Gasteiger partial charge >= 0.3 is 0 Å². The van der Waals surface area contributed by atoms with Crippen molar-refractivity contribution in [2.75, 3.05) is 0 Å². The molecule has 0 saturated carbocycles. The van der Waals surface area contributed by atoms with Crippen LogP contribution in [-0.4, -0.2) is 16.5 Å². The quantitative estimate of drug-likeness (QED) is 0.763. The van der Waals surface area contributed by atoms with Crippen LogP contribution in [0.3, 0.4) is 0 Å². The number of nitrogens with zero attached hydrogens (tertiary/aromatic N) is 2. The van der Waals surface area contributed by atoms with Gasteiger partial charge in [-0.3, -0.25) is 14.4 Å². The summed E-state index contributed by atoms with van der Waals surface area (Å²) >= 11 is 11.9. The van der Waals surface area contributed by atoms with Gasteiger partial charge in [-0.15, -0.1) is 0 Å². The van der Waals surface area contributed by atoms with Crippen LogP contribution in [0.4, 0.5) is 0 Å². The Morgan fingerprint density at radius 1 is 1.23 bits per heavy atom. The molecule has 0 N–H and O–H groups in total. The summed E-state index contributed by atoms with van der Waals surface area (Å²) in [5.41, 5.74) is 1.35. The van der Waals surface area contributed by atoms with Crippen LogP contribution in [0.25, 0.3) is 6.08 Å². The van der Waals surface area contributed by atoms with Crippen LogP contribution in [0.15, 0.2) is 53.7 Å². The van der Waals surface area contributed by atoms with Crippen molar-refractivity contribution in [2.24, 2.45) is 4.99 Å². The zero-order valence-corrected chi connectivity index (χ0v) is 13.8. The third kappa shape index (κ3) is 4.33. The highest BCUT2D eigenvalue weighted by molar-refractivity contribution is 6.35. The van der Waals surface area contributed by atoms with E-state index in [0.29, 0.717) is 15.5 Å². The Balaban J connectivity index is 2.32. The van der Waals surface area contributed by atoms with Crippen molar-refractivity contribution in [2.45, 2.75) is 19.9 Å². The molecule has 0 aliphatic heterocycles. The van der Waals surface area contributed by atoms with Gasteiger partial charge in [0.2, 0.25) is 0 Å². The second-order valence-electron chi connectivity index (χ2n) is 4.99. The zero-order valence-electron chi connectivity index (χ0n) is 12.3. The predicted molar refractivity (Wildman–Crippen MR) is 91.3 cm³/mol. The Morgan fingerprint density at radius 3 is 2.68 bits per heavy atom. The number of rotatable bonds is 3. The molecule has 22 heavy (non-hydrogen) atoms. The third-order valence-electron chi connectivity index (χ3n) is 2.83. The van der Waals surface area contributed by atoms with Gasteiger partial charge in [-0.1, -0.05) is 35.3 Å². The molecule has 2 aromatic rings. The van der Waals surface area contributed by atoms with Crippen molar-refractivity contribution in [3.05, 3.63) is 69.8 Å². The molecular formula is C17H16Cl2N2O. The van der Waals surface area contributed by atoms with Crippen LogP contribution >= 0.6 is 23.2 Å². The van der Waals surface area contributed by atoms with E-state index in [1.54, 1.807) is 42.6 Å². The summed E-state index contributed by atoms with van der Waals surface area (Å²) in [4.78, 5) is 16.8. The summed E-state index contributed by atoms with van der Waals surface area (Å²) in [7, 11) is 0. The number of carbonyl (C=O) groups is 1. The SMILES string of the molecule is CC(C)N=c1ccccn1C(=O)/C=C\c1ccc(Cl)cc1Cl. The van der Waals surface area contributed by atoms with Crippen LogP contribution < -0.4 is 5.49 Å². The molecule has 0 radical (unpaired) electrons. The van der Waals surface area contributed by atoms with Crippen LogP contribution in [0.2, 0.25) is 10.0 Å². The molecule has 0 spiro atoms.